The third-order valence-electron chi connectivity index (χ3n) is 4.61. The fourth-order valence-electron chi connectivity index (χ4n) is 2.59. The van der Waals surface area contributed by atoms with E-state index >= 15 is 0 Å². The van der Waals surface area contributed by atoms with Gasteiger partial charge in [-0.2, -0.15) is 0 Å². The van der Waals surface area contributed by atoms with Gasteiger partial charge in [0.05, 0.1) is 6.10 Å². The topological polar surface area (TPSA) is 50.4 Å². The summed E-state index contributed by atoms with van der Waals surface area (Å²) in [4.78, 5) is 12.4. The Balaban J connectivity index is 1.99. The molecule has 0 aromatic heterocycles. The van der Waals surface area contributed by atoms with Gasteiger partial charge in [-0.15, -0.1) is 0 Å². The summed E-state index contributed by atoms with van der Waals surface area (Å²) in [5.41, 5.74) is 2.64. The first-order valence-corrected chi connectivity index (χ1v) is 9.83. The molecule has 0 aliphatic rings. The summed E-state index contributed by atoms with van der Waals surface area (Å²) in [6, 6.07) is 15.1. The average Bonchev–Trinajstić information content (AvgIpc) is 2.68. The molecule has 2 atom stereocenters. The fraction of sp³-hybridized carbons (Fsp3) is 0.364. The maximum absolute atomic E-state index is 12.4. The highest BCUT2D eigenvalue weighted by molar-refractivity contribution is 7.80. The van der Waals surface area contributed by atoms with Crippen LogP contribution in [-0.4, -0.2) is 17.1 Å². The highest BCUT2D eigenvalue weighted by Gasteiger charge is 2.12. The number of ether oxygens (including phenoxy) is 1. The third kappa shape index (κ3) is 6.07. The van der Waals surface area contributed by atoms with Gasteiger partial charge in [-0.1, -0.05) is 39.0 Å². The fourth-order valence-corrected chi connectivity index (χ4v) is 2.79. The number of rotatable bonds is 7. The van der Waals surface area contributed by atoms with Crippen LogP contribution in [0, 0.1) is 0 Å². The molecule has 2 aromatic rings. The largest absolute Gasteiger partial charge is 0.491 e. The Bertz CT molecular complexity index is 774. The molecule has 0 spiro atoms. The van der Waals surface area contributed by atoms with E-state index < -0.39 is 0 Å². The average molecular weight is 385 g/mol. The number of carbonyl (C=O) groups is 1. The van der Waals surface area contributed by atoms with Crippen LogP contribution in [0.1, 0.15) is 62.4 Å². The van der Waals surface area contributed by atoms with E-state index in [4.69, 9.17) is 17.0 Å². The zero-order valence-corrected chi connectivity index (χ0v) is 17.2. The number of amides is 1. The Morgan fingerprint density at radius 1 is 1.04 bits per heavy atom. The minimum Gasteiger partial charge on any atom is -0.491 e. The van der Waals surface area contributed by atoms with E-state index in [0.29, 0.717) is 11.5 Å². The smallest absolute Gasteiger partial charge is 0.257 e. The first-order valence-electron chi connectivity index (χ1n) is 9.42. The van der Waals surface area contributed by atoms with Crippen molar-refractivity contribution in [1.29, 1.82) is 0 Å². The van der Waals surface area contributed by atoms with Crippen LogP contribution >= 0.6 is 12.2 Å². The molecule has 0 saturated carbocycles. The van der Waals surface area contributed by atoms with Crippen molar-refractivity contribution in [3.05, 3.63) is 59.7 Å². The van der Waals surface area contributed by atoms with Crippen LogP contribution in [0.15, 0.2) is 48.5 Å². The van der Waals surface area contributed by atoms with E-state index in [-0.39, 0.29) is 17.1 Å². The van der Waals surface area contributed by atoms with E-state index in [1.54, 1.807) is 24.3 Å². The molecule has 27 heavy (non-hydrogen) atoms. The van der Waals surface area contributed by atoms with Gasteiger partial charge in [0.15, 0.2) is 5.11 Å². The normalized spacial score (nSPS) is 12.7. The van der Waals surface area contributed by atoms with Gasteiger partial charge in [-0.05, 0) is 73.8 Å². The first kappa shape index (κ1) is 20.9. The molecule has 0 aliphatic heterocycles. The van der Waals surface area contributed by atoms with Crippen molar-refractivity contribution in [3.63, 3.8) is 0 Å². The molecule has 0 bridgehead atoms. The Hall–Kier alpha value is -2.40. The van der Waals surface area contributed by atoms with Gasteiger partial charge in [0.1, 0.15) is 5.75 Å². The van der Waals surface area contributed by atoms with Crippen LogP contribution in [0.3, 0.4) is 0 Å². The predicted octanol–water partition coefficient (Wildman–Crippen LogP) is 5.50. The van der Waals surface area contributed by atoms with Crippen molar-refractivity contribution < 1.29 is 9.53 Å². The molecule has 144 valence electrons. The number of benzene rings is 2. The van der Waals surface area contributed by atoms with E-state index in [0.717, 1.165) is 24.3 Å². The molecule has 4 nitrogen and oxygen atoms in total. The molecule has 2 rings (SSSR count). The molecule has 0 unspecified atom stereocenters. The van der Waals surface area contributed by atoms with Crippen LogP contribution in [0.4, 0.5) is 5.69 Å². The molecule has 0 radical (unpaired) electrons. The molecule has 2 aromatic carbocycles. The van der Waals surface area contributed by atoms with Crippen molar-refractivity contribution >= 4 is 28.9 Å². The van der Waals surface area contributed by atoms with Crippen LogP contribution in [0.2, 0.25) is 0 Å². The lowest BCUT2D eigenvalue weighted by Gasteiger charge is -2.17. The zero-order valence-electron chi connectivity index (χ0n) is 16.4. The van der Waals surface area contributed by atoms with Crippen LogP contribution in [0.5, 0.6) is 5.75 Å². The van der Waals surface area contributed by atoms with Gasteiger partial charge in [-0.25, -0.2) is 0 Å². The number of para-hydroxylation sites is 1. The summed E-state index contributed by atoms with van der Waals surface area (Å²) in [5.74, 6) is 0.915. The number of carbonyl (C=O) groups excluding carboxylic acids is 1. The van der Waals surface area contributed by atoms with Crippen molar-refractivity contribution in [1.82, 2.24) is 5.32 Å². The quantitative estimate of drug-likeness (QED) is 0.619. The standard InChI is InChI=1S/C22H28N2O2S/c1-5-15(3)19-9-7-8-10-20(19)23-22(27)24-21(25)17-11-13-18(14-12-17)26-16(4)6-2/h7-16H,5-6H2,1-4H3,(H2,23,24,25,27)/t15-,16-/m0/s1. The molecular weight excluding hydrogens is 356 g/mol. The second-order valence-corrected chi connectivity index (χ2v) is 7.07. The van der Waals surface area contributed by atoms with Crippen LogP contribution in [-0.2, 0) is 0 Å². The SMILES string of the molecule is CC[C@H](C)Oc1ccc(C(=O)NC(=S)Nc2ccccc2[C@@H](C)CC)cc1. The van der Waals surface area contributed by atoms with E-state index in [1.807, 2.05) is 25.1 Å². The molecule has 0 aliphatic carbocycles. The monoisotopic (exact) mass is 384 g/mol. The van der Waals surface area contributed by atoms with E-state index in [2.05, 4.69) is 37.5 Å². The lowest BCUT2D eigenvalue weighted by Crippen LogP contribution is -2.34. The zero-order chi connectivity index (χ0) is 19.8. The van der Waals surface area contributed by atoms with Gasteiger partial charge in [-0.3, -0.25) is 10.1 Å². The number of anilines is 1. The minimum absolute atomic E-state index is 0.145. The maximum Gasteiger partial charge on any atom is 0.257 e. The number of hydrogen-bond acceptors (Lipinski definition) is 3. The Morgan fingerprint density at radius 2 is 1.70 bits per heavy atom. The van der Waals surface area contributed by atoms with Crippen LogP contribution < -0.4 is 15.4 Å². The summed E-state index contributed by atoms with van der Waals surface area (Å²) in [7, 11) is 0. The van der Waals surface area contributed by atoms with Gasteiger partial charge in [0.2, 0.25) is 0 Å². The van der Waals surface area contributed by atoms with E-state index in [1.165, 1.54) is 5.56 Å². The Kier molecular flexibility index (Phi) is 7.80. The molecule has 5 heteroatoms. The van der Waals surface area contributed by atoms with Crippen molar-refractivity contribution in [2.75, 3.05) is 5.32 Å². The number of nitrogens with one attached hydrogen (secondary N) is 2. The van der Waals surface area contributed by atoms with Gasteiger partial charge >= 0.3 is 0 Å². The number of hydrogen-bond donors (Lipinski definition) is 2. The minimum atomic E-state index is -0.247. The number of thiocarbonyl (C=S) groups is 1. The van der Waals surface area contributed by atoms with Gasteiger partial charge in [0, 0.05) is 11.3 Å². The molecule has 0 heterocycles. The van der Waals surface area contributed by atoms with Gasteiger partial charge in [0.25, 0.3) is 5.91 Å². The molecule has 2 N–H and O–H groups in total. The lowest BCUT2D eigenvalue weighted by molar-refractivity contribution is 0.0977. The van der Waals surface area contributed by atoms with E-state index in [9.17, 15) is 4.79 Å². The van der Waals surface area contributed by atoms with Crippen molar-refractivity contribution in [3.8, 4) is 5.75 Å². The third-order valence-corrected chi connectivity index (χ3v) is 4.81. The maximum atomic E-state index is 12.4. The summed E-state index contributed by atoms with van der Waals surface area (Å²) in [6.07, 6.45) is 2.11. The Labute approximate surface area is 167 Å². The highest BCUT2D eigenvalue weighted by Crippen LogP contribution is 2.26. The summed E-state index contributed by atoms with van der Waals surface area (Å²) < 4.78 is 5.73. The summed E-state index contributed by atoms with van der Waals surface area (Å²) >= 11 is 5.33. The summed E-state index contributed by atoms with van der Waals surface area (Å²) in [5, 5.41) is 6.17. The lowest BCUT2D eigenvalue weighted by atomic mass is 9.97. The highest BCUT2D eigenvalue weighted by atomic mass is 32.1. The van der Waals surface area contributed by atoms with Gasteiger partial charge < -0.3 is 10.1 Å². The van der Waals surface area contributed by atoms with Crippen LogP contribution in [0.25, 0.3) is 0 Å². The molecular formula is C22H28N2O2S. The summed E-state index contributed by atoms with van der Waals surface area (Å²) in [6.45, 7) is 8.41. The second kappa shape index (κ2) is 10.1. The van der Waals surface area contributed by atoms with Crippen molar-refractivity contribution in [2.45, 2.75) is 52.6 Å². The Morgan fingerprint density at radius 3 is 2.33 bits per heavy atom. The first-order chi connectivity index (χ1) is 12.9. The van der Waals surface area contributed by atoms with Crippen molar-refractivity contribution in [2.24, 2.45) is 0 Å². The second-order valence-electron chi connectivity index (χ2n) is 6.67. The molecule has 1 amide bonds. The molecule has 0 saturated heterocycles. The predicted molar refractivity (Wildman–Crippen MR) is 116 cm³/mol. The molecule has 0 fully saturated rings.